The smallest absolute Gasteiger partial charge is 0.0540 e. The van der Waals surface area contributed by atoms with Crippen molar-refractivity contribution in [3.63, 3.8) is 0 Å². The lowest BCUT2D eigenvalue weighted by atomic mass is 9.87. The Morgan fingerprint density at radius 2 is 2.07 bits per heavy atom. The molecule has 3 heteroatoms. The Balaban J connectivity index is 2.20. The van der Waals surface area contributed by atoms with Crippen LogP contribution in [0, 0.1) is 5.92 Å². The van der Waals surface area contributed by atoms with Gasteiger partial charge >= 0.3 is 0 Å². The van der Waals surface area contributed by atoms with E-state index in [0.29, 0.717) is 5.92 Å². The van der Waals surface area contributed by atoms with Crippen molar-refractivity contribution >= 4 is 14.7 Å². The van der Waals surface area contributed by atoms with Gasteiger partial charge in [0.25, 0.3) is 0 Å². The first kappa shape index (κ1) is 11.9. The summed E-state index contributed by atoms with van der Waals surface area (Å²) in [5, 5.41) is 9.34. The van der Waals surface area contributed by atoms with Gasteiger partial charge in [0.15, 0.2) is 0 Å². The number of allylic oxidation sites excluding steroid dienone is 1. The van der Waals surface area contributed by atoms with Crippen molar-refractivity contribution in [2.75, 3.05) is 13.6 Å². The van der Waals surface area contributed by atoms with Gasteiger partial charge in [0.05, 0.1) is 6.10 Å². The quantitative estimate of drug-likeness (QED) is 0.572. The number of hydrogen-bond acceptors (Lipinski definition) is 2. The zero-order valence-corrected chi connectivity index (χ0v) is 9.79. The third kappa shape index (κ3) is 4.36. The Hall–Kier alpha value is -0.170. The van der Waals surface area contributed by atoms with E-state index in [1.54, 1.807) is 0 Å². The van der Waals surface area contributed by atoms with Gasteiger partial charge in [0, 0.05) is 6.54 Å². The van der Waals surface area contributed by atoms with Crippen molar-refractivity contribution in [2.45, 2.75) is 31.8 Å². The fraction of sp³-hybridized carbons (Fsp3) is 0.727. The maximum absolute atomic E-state index is 9.34. The van der Waals surface area contributed by atoms with Crippen LogP contribution in [0.5, 0.6) is 0 Å². The largest absolute Gasteiger partial charge is 0.393 e. The fourth-order valence-corrected chi connectivity index (χ4v) is 1.97. The number of nitrogens with zero attached hydrogens (tertiary/aromatic N) is 1. The Kier molecular flexibility index (Phi) is 5.39. The van der Waals surface area contributed by atoms with E-state index < -0.39 is 0 Å². The highest BCUT2D eigenvalue weighted by Crippen LogP contribution is 2.24. The van der Waals surface area contributed by atoms with E-state index in [4.69, 9.17) is 0 Å². The zero-order valence-electron chi connectivity index (χ0n) is 8.89. The lowest BCUT2D eigenvalue weighted by Gasteiger charge is -2.22. The van der Waals surface area contributed by atoms with Gasteiger partial charge in [-0.15, -0.1) is 0 Å². The van der Waals surface area contributed by atoms with Crippen molar-refractivity contribution in [3.8, 4) is 0 Å². The maximum atomic E-state index is 9.34. The molecule has 0 saturated heterocycles. The highest BCUT2D eigenvalue weighted by atomic mass is 31.1. The van der Waals surface area contributed by atoms with Crippen LogP contribution in [-0.4, -0.2) is 35.8 Å². The molecule has 0 heterocycles. The number of rotatable bonds is 4. The minimum absolute atomic E-state index is 0.0410. The molecule has 0 unspecified atom stereocenters. The van der Waals surface area contributed by atoms with E-state index in [-0.39, 0.29) is 6.10 Å². The molecule has 0 aliphatic heterocycles. The summed E-state index contributed by atoms with van der Waals surface area (Å²) in [6.45, 7) is 0.976. The molecule has 1 fully saturated rings. The number of likely N-dealkylation sites (N-methyl/N-ethyl adjacent to an activating group) is 1. The molecule has 0 spiro atoms. The Labute approximate surface area is 88.5 Å². The van der Waals surface area contributed by atoms with E-state index in [1.165, 1.54) is 0 Å². The predicted octanol–water partition coefficient (Wildman–Crippen LogP) is 2.32. The van der Waals surface area contributed by atoms with E-state index in [1.807, 2.05) is 0 Å². The summed E-state index contributed by atoms with van der Waals surface area (Å²) in [5.41, 5.74) is 0. The molecule has 0 aromatic heterocycles. The van der Waals surface area contributed by atoms with Crippen LogP contribution in [0.25, 0.3) is 0 Å². The van der Waals surface area contributed by atoms with Crippen LogP contribution in [0.15, 0.2) is 12.2 Å². The van der Waals surface area contributed by atoms with E-state index in [0.717, 1.165) is 40.6 Å². The van der Waals surface area contributed by atoms with Gasteiger partial charge in [0.2, 0.25) is 0 Å². The predicted molar refractivity (Wildman–Crippen MR) is 63.8 cm³/mol. The summed E-state index contributed by atoms with van der Waals surface area (Å²) >= 11 is 0. The summed E-state index contributed by atoms with van der Waals surface area (Å²) in [6, 6.07) is 0. The highest BCUT2D eigenvalue weighted by molar-refractivity contribution is 7.33. The fourth-order valence-electron chi connectivity index (χ4n) is 1.76. The van der Waals surface area contributed by atoms with Crippen LogP contribution in [0.1, 0.15) is 25.7 Å². The minimum Gasteiger partial charge on any atom is -0.393 e. The molecule has 0 atom stereocenters. The van der Waals surface area contributed by atoms with E-state index in [2.05, 4.69) is 30.2 Å². The Bertz CT molecular complexity index is 197. The molecule has 2 nitrogen and oxygen atoms in total. The Morgan fingerprint density at radius 3 is 2.64 bits per heavy atom. The summed E-state index contributed by atoms with van der Waals surface area (Å²) < 4.78 is 2.15. The summed E-state index contributed by atoms with van der Waals surface area (Å²) in [5.74, 6) is 0.688. The average molecular weight is 213 g/mol. The third-order valence-electron chi connectivity index (χ3n) is 2.76. The highest BCUT2D eigenvalue weighted by Gasteiger charge is 2.16. The molecule has 1 N–H and O–H groups in total. The van der Waals surface area contributed by atoms with Crippen molar-refractivity contribution < 1.29 is 5.11 Å². The first-order valence-corrected chi connectivity index (χ1v) is 6.28. The zero-order chi connectivity index (χ0) is 10.4. The molecule has 14 heavy (non-hydrogen) atoms. The summed E-state index contributed by atoms with van der Waals surface area (Å²) in [6.07, 6.45) is 12.5. The van der Waals surface area contributed by atoms with Crippen LogP contribution < -0.4 is 0 Å². The van der Waals surface area contributed by atoms with Crippen LogP contribution in [0.4, 0.5) is 0 Å². The SMILES string of the molecule is C=PN(C)C/C=C/C1CCC(O)CC1. The molecule has 0 bridgehead atoms. The van der Waals surface area contributed by atoms with Gasteiger partial charge in [-0.05, 0) is 47.0 Å². The van der Waals surface area contributed by atoms with E-state index in [9.17, 15) is 5.11 Å². The van der Waals surface area contributed by atoms with Crippen LogP contribution in [0.3, 0.4) is 0 Å². The number of hydrogen-bond donors (Lipinski definition) is 1. The standard InChI is InChI=1S/C11H20NOP/c1-12(14-2)9-3-4-10-5-7-11(13)8-6-10/h3-4,10-11,13H,2,5-9H2,1H3/b4-3+. The first-order valence-electron chi connectivity index (χ1n) is 5.25. The normalized spacial score (nSPS) is 29.1. The molecule has 1 aliphatic carbocycles. The van der Waals surface area contributed by atoms with Gasteiger partial charge in [0.1, 0.15) is 0 Å². The van der Waals surface area contributed by atoms with Crippen molar-refractivity contribution in [3.05, 3.63) is 12.2 Å². The van der Waals surface area contributed by atoms with Gasteiger partial charge in [-0.25, -0.2) is 0 Å². The second kappa shape index (κ2) is 6.34. The van der Waals surface area contributed by atoms with Crippen LogP contribution in [-0.2, 0) is 0 Å². The molecule has 0 radical (unpaired) electrons. The van der Waals surface area contributed by atoms with Gasteiger partial charge < -0.3 is 5.11 Å². The van der Waals surface area contributed by atoms with Gasteiger partial charge in [-0.3, -0.25) is 4.67 Å². The lowest BCUT2D eigenvalue weighted by molar-refractivity contribution is 0.118. The molecule has 0 aromatic rings. The minimum atomic E-state index is -0.0410. The average Bonchev–Trinajstić information content (AvgIpc) is 2.21. The molecule has 0 aromatic carbocycles. The Morgan fingerprint density at radius 1 is 1.43 bits per heavy atom. The van der Waals surface area contributed by atoms with Crippen LogP contribution >= 0.6 is 8.35 Å². The maximum Gasteiger partial charge on any atom is 0.0540 e. The van der Waals surface area contributed by atoms with Crippen molar-refractivity contribution in [2.24, 2.45) is 5.92 Å². The van der Waals surface area contributed by atoms with Gasteiger partial charge in [-0.2, -0.15) is 0 Å². The molecular weight excluding hydrogens is 193 g/mol. The summed E-state index contributed by atoms with van der Waals surface area (Å²) in [4.78, 5) is 0. The molecule has 0 amide bonds. The second-order valence-electron chi connectivity index (χ2n) is 3.98. The number of aliphatic hydroxyl groups is 1. The summed E-state index contributed by atoms with van der Waals surface area (Å²) in [7, 11) is 3.13. The van der Waals surface area contributed by atoms with Crippen molar-refractivity contribution in [1.29, 1.82) is 0 Å². The first-order chi connectivity index (χ1) is 6.72. The monoisotopic (exact) mass is 213 g/mol. The lowest BCUT2D eigenvalue weighted by Crippen LogP contribution is -2.17. The van der Waals surface area contributed by atoms with Gasteiger partial charge in [-0.1, -0.05) is 18.5 Å². The second-order valence-corrected chi connectivity index (χ2v) is 4.94. The van der Waals surface area contributed by atoms with Crippen molar-refractivity contribution in [1.82, 2.24) is 4.67 Å². The third-order valence-corrected chi connectivity index (χ3v) is 3.41. The molecular formula is C11H20NOP. The van der Waals surface area contributed by atoms with E-state index >= 15 is 0 Å². The van der Waals surface area contributed by atoms with Crippen LogP contribution in [0.2, 0.25) is 0 Å². The number of aliphatic hydroxyl groups excluding tert-OH is 1. The molecule has 1 rings (SSSR count). The molecule has 80 valence electrons. The molecule has 1 saturated carbocycles. The molecule has 1 aliphatic rings. The topological polar surface area (TPSA) is 23.5 Å².